The lowest BCUT2D eigenvalue weighted by atomic mass is 10.2. The van der Waals surface area contributed by atoms with Crippen LogP contribution in [-0.2, 0) is 14.8 Å². The van der Waals surface area contributed by atoms with E-state index in [2.05, 4.69) is 15.2 Å². The van der Waals surface area contributed by atoms with Crippen molar-refractivity contribution in [3.05, 3.63) is 94.8 Å². The van der Waals surface area contributed by atoms with Crippen LogP contribution in [0.1, 0.15) is 15.9 Å². The molecule has 0 spiro atoms. The Morgan fingerprint density at radius 1 is 1.00 bits per heavy atom. The van der Waals surface area contributed by atoms with Crippen LogP contribution >= 0.6 is 11.6 Å². The summed E-state index contributed by atoms with van der Waals surface area (Å²) in [4.78, 5) is 23.8. The van der Waals surface area contributed by atoms with Crippen LogP contribution in [0.25, 0.3) is 0 Å². The van der Waals surface area contributed by atoms with E-state index in [1.807, 2.05) is 0 Å². The molecule has 0 aliphatic rings. The molecule has 0 saturated carbocycles. The highest BCUT2D eigenvalue weighted by atomic mass is 35.5. The fourth-order valence-corrected chi connectivity index (χ4v) is 3.59. The Kier molecular flexibility index (Phi) is 7.88. The van der Waals surface area contributed by atoms with Gasteiger partial charge in [0.25, 0.3) is 5.91 Å². The number of ether oxygens (including phenoxy) is 1. The van der Waals surface area contributed by atoms with Crippen molar-refractivity contribution in [1.82, 2.24) is 10.1 Å². The molecule has 3 rings (SSSR count). The molecule has 0 aromatic heterocycles. The minimum absolute atomic E-state index is 0.0287. The summed E-state index contributed by atoms with van der Waals surface area (Å²) in [5.74, 6) is -2.00. The molecule has 0 atom stereocenters. The molecule has 0 heterocycles. The van der Waals surface area contributed by atoms with Crippen LogP contribution in [0.15, 0.2) is 82.8 Å². The highest BCUT2D eigenvalue weighted by Gasteiger charge is 2.15. The average molecular weight is 490 g/mol. The number of carbonyl (C=O) groups excluding carboxylic acids is 2. The molecular weight excluding hydrogens is 473 g/mol. The van der Waals surface area contributed by atoms with Crippen LogP contribution in [0.4, 0.5) is 4.39 Å². The van der Waals surface area contributed by atoms with Crippen LogP contribution < -0.4 is 14.9 Å². The Morgan fingerprint density at radius 3 is 2.33 bits per heavy atom. The van der Waals surface area contributed by atoms with Crippen LogP contribution in [0.5, 0.6) is 5.75 Å². The predicted molar refractivity (Wildman–Crippen MR) is 120 cm³/mol. The molecule has 0 aliphatic heterocycles. The second kappa shape index (κ2) is 10.8. The summed E-state index contributed by atoms with van der Waals surface area (Å²) < 4.78 is 45.2. The average Bonchev–Trinajstić information content (AvgIpc) is 2.79. The number of nitrogens with zero attached hydrogens (tertiary/aromatic N) is 1. The first-order valence-corrected chi connectivity index (χ1v) is 11.2. The Morgan fingerprint density at radius 2 is 1.67 bits per heavy atom. The lowest BCUT2D eigenvalue weighted by molar-refractivity contribution is -0.119. The fraction of sp³-hybridized carbons (Fsp3) is 0.0455. The van der Waals surface area contributed by atoms with Crippen molar-refractivity contribution in [1.29, 1.82) is 0 Å². The van der Waals surface area contributed by atoms with E-state index < -0.39 is 34.3 Å². The minimum atomic E-state index is -3.87. The first-order chi connectivity index (χ1) is 15.7. The Balaban J connectivity index is 1.49. The third-order valence-electron chi connectivity index (χ3n) is 4.13. The monoisotopic (exact) mass is 489 g/mol. The molecule has 3 aromatic rings. The number of hydrogen-bond donors (Lipinski definition) is 2. The highest BCUT2D eigenvalue weighted by molar-refractivity contribution is 7.89. The van der Waals surface area contributed by atoms with Crippen LogP contribution in [0.2, 0.25) is 5.02 Å². The highest BCUT2D eigenvalue weighted by Crippen LogP contribution is 2.15. The zero-order chi connectivity index (χ0) is 23.8. The summed E-state index contributed by atoms with van der Waals surface area (Å²) in [6, 6.07) is 17.0. The van der Waals surface area contributed by atoms with Crippen molar-refractivity contribution in [3.63, 3.8) is 0 Å². The number of esters is 1. The van der Waals surface area contributed by atoms with Crippen molar-refractivity contribution >= 4 is 39.7 Å². The molecule has 0 aliphatic carbocycles. The molecule has 0 fully saturated rings. The molecule has 0 bridgehead atoms. The minimum Gasteiger partial charge on any atom is -0.423 e. The summed E-state index contributed by atoms with van der Waals surface area (Å²) in [7, 11) is -3.87. The number of halogens is 2. The van der Waals surface area contributed by atoms with Gasteiger partial charge in [-0.15, -0.1) is 0 Å². The van der Waals surface area contributed by atoms with Crippen LogP contribution in [0.3, 0.4) is 0 Å². The van der Waals surface area contributed by atoms with Gasteiger partial charge in [-0.2, -0.15) is 5.10 Å². The predicted octanol–water partition coefficient (Wildman–Crippen LogP) is 3.13. The van der Waals surface area contributed by atoms with E-state index in [1.165, 1.54) is 60.8 Å². The number of hydrazone groups is 1. The summed E-state index contributed by atoms with van der Waals surface area (Å²) in [6.45, 7) is -0.521. The molecule has 170 valence electrons. The van der Waals surface area contributed by atoms with Gasteiger partial charge in [0, 0.05) is 5.02 Å². The van der Waals surface area contributed by atoms with Gasteiger partial charge in [0.1, 0.15) is 11.6 Å². The van der Waals surface area contributed by atoms with Gasteiger partial charge in [-0.3, -0.25) is 4.79 Å². The number of nitrogens with one attached hydrogen (secondary N) is 2. The Bertz CT molecular complexity index is 1280. The van der Waals surface area contributed by atoms with Crippen LogP contribution in [-0.4, -0.2) is 33.1 Å². The van der Waals surface area contributed by atoms with E-state index in [9.17, 15) is 22.4 Å². The van der Waals surface area contributed by atoms with Crippen LogP contribution in [0, 0.1) is 5.82 Å². The van der Waals surface area contributed by atoms with Gasteiger partial charge in [-0.1, -0.05) is 23.7 Å². The molecule has 11 heteroatoms. The normalized spacial score (nSPS) is 11.3. The van der Waals surface area contributed by atoms with Gasteiger partial charge >= 0.3 is 5.97 Å². The Hall–Kier alpha value is -3.60. The van der Waals surface area contributed by atoms with Gasteiger partial charge in [-0.05, 0) is 66.2 Å². The van der Waals surface area contributed by atoms with E-state index in [0.717, 1.165) is 6.07 Å². The summed E-state index contributed by atoms with van der Waals surface area (Å²) >= 11 is 5.73. The number of amides is 1. The maximum Gasteiger partial charge on any atom is 0.346 e. The summed E-state index contributed by atoms with van der Waals surface area (Å²) in [5, 5.41) is 4.13. The molecule has 0 radical (unpaired) electrons. The third kappa shape index (κ3) is 6.94. The standard InChI is InChI=1S/C22H17ClFN3O5S/c23-16-7-11-18(12-8-16)33(30,31)26-14-21(28)27-25-13-15-5-9-17(10-6-15)32-22(29)19-3-1-2-4-20(19)24/h1-13,26H,14H2,(H,27,28). The van der Waals surface area contributed by atoms with E-state index in [1.54, 1.807) is 12.1 Å². The number of benzene rings is 3. The largest absolute Gasteiger partial charge is 0.423 e. The molecular formula is C22H17ClFN3O5S. The second-order valence-electron chi connectivity index (χ2n) is 6.51. The van der Waals surface area contributed by atoms with Crippen molar-refractivity contribution in [2.45, 2.75) is 4.90 Å². The van der Waals surface area contributed by atoms with E-state index in [4.69, 9.17) is 16.3 Å². The first kappa shape index (κ1) is 24.1. The molecule has 3 aromatic carbocycles. The van der Waals surface area contributed by atoms with Crippen molar-refractivity contribution in [2.75, 3.05) is 6.54 Å². The van der Waals surface area contributed by atoms with E-state index in [-0.39, 0.29) is 16.2 Å². The molecule has 0 saturated heterocycles. The maximum atomic E-state index is 13.6. The summed E-state index contributed by atoms with van der Waals surface area (Å²) in [5.41, 5.74) is 2.57. The molecule has 1 amide bonds. The fourth-order valence-electron chi connectivity index (χ4n) is 2.49. The number of sulfonamides is 1. The smallest absolute Gasteiger partial charge is 0.346 e. The van der Waals surface area contributed by atoms with Gasteiger partial charge in [0.05, 0.1) is 23.2 Å². The van der Waals surface area contributed by atoms with Gasteiger partial charge in [0.15, 0.2) is 0 Å². The summed E-state index contributed by atoms with van der Waals surface area (Å²) in [6.07, 6.45) is 1.31. The molecule has 33 heavy (non-hydrogen) atoms. The number of hydrogen-bond acceptors (Lipinski definition) is 6. The van der Waals surface area contributed by atoms with Gasteiger partial charge in [0.2, 0.25) is 10.0 Å². The van der Waals surface area contributed by atoms with Crippen molar-refractivity contribution in [2.24, 2.45) is 5.10 Å². The SMILES string of the molecule is O=C(CNS(=O)(=O)c1ccc(Cl)cc1)NN=Cc1ccc(OC(=O)c2ccccc2F)cc1. The first-order valence-electron chi connectivity index (χ1n) is 9.38. The van der Waals surface area contributed by atoms with Crippen molar-refractivity contribution in [3.8, 4) is 5.75 Å². The van der Waals surface area contributed by atoms with E-state index >= 15 is 0 Å². The maximum absolute atomic E-state index is 13.6. The number of carbonyl (C=O) groups is 2. The third-order valence-corrected chi connectivity index (χ3v) is 5.80. The lowest BCUT2D eigenvalue weighted by Crippen LogP contribution is -2.34. The molecule has 0 unspecified atom stereocenters. The zero-order valence-electron chi connectivity index (χ0n) is 16.9. The van der Waals surface area contributed by atoms with Gasteiger partial charge in [-0.25, -0.2) is 27.8 Å². The molecule has 8 nitrogen and oxygen atoms in total. The topological polar surface area (TPSA) is 114 Å². The quantitative estimate of drug-likeness (QED) is 0.218. The zero-order valence-corrected chi connectivity index (χ0v) is 18.4. The second-order valence-corrected chi connectivity index (χ2v) is 8.71. The van der Waals surface area contributed by atoms with Gasteiger partial charge < -0.3 is 4.74 Å². The molecule has 2 N–H and O–H groups in total. The lowest BCUT2D eigenvalue weighted by Gasteiger charge is -2.06. The van der Waals surface area contributed by atoms with Crippen molar-refractivity contribution < 1.29 is 27.1 Å². The number of rotatable bonds is 8. The Labute approximate surface area is 194 Å². The van der Waals surface area contributed by atoms with E-state index in [0.29, 0.717) is 10.6 Å².